The van der Waals surface area contributed by atoms with Crippen molar-refractivity contribution in [3.8, 4) is 0 Å². The van der Waals surface area contributed by atoms with Crippen LogP contribution >= 0.6 is 0 Å². The zero-order valence-corrected chi connectivity index (χ0v) is 13.8. The summed E-state index contributed by atoms with van der Waals surface area (Å²) in [7, 11) is -3.00. The van der Waals surface area contributed by atoms with Crippen LogP contribution in [0.2, 0.25) is 0 Å². The molecule has 0 aromatic carbocycles. The van der Waals surface area contributed by atoms with E-state index >= 15 is 0 Å². The van der Waals surface area contributed by atoms with Gasteiger partial charge in [-0.25, -0.2) is 8.42 Å². The Morgan fingerprint density at radius 1 is 1.00 bits per heavy atom. The van der Waals surface area contributed by atoms with Gasteiger partial charge in [0.15, 0.2) is 9.84 Å². The summed E-state index contributed by atoms with van der Waals surface area (Å²) >= 11 is 0. The van der Waals surface area contributed by atoms with Crippen molar-refractivity contribution in [2.45, 2.75) is 65.6 Å². The number of rotatable bonds is 8. The maximum atomic E-state index is 12.2. The molecule has 0 aromatic rings. The Labute approximate surface area is 114 Å². The van der Waals surface area contributed by atoms with Crippen LogP contribution in [0.3, 0.4) is 0 Å². The van der Waals surface area contributed by atoms with Crippen LogP contribution in [0, 0.1) is 5.41 Å². The van der Waals surface area contributed by atoms with Crippen molar-refractivity contribution >= 4 is 9.84 Å². The van der Waals surface area contributed by atoms with E-state index in [0.717, 1.165) is 32.4 Å². The third-order valence-electron chi connectivity index (χ3n) is 4.08. The highest BCUT2D eigenvalue weighted by Gasteiger charge is 2.33. The van der Waals surface area contributed by atoms with E-state index in [2.05, 4.69) is 26.1 Å². The third-order valence-corrected chi connectivity index (χ3v) is 6.69. The smallest absolute Gasteiger partial charge is 0.155 e. The SMILES string of the molecule is CCNCC(CC)(CC)CCS(=O)(=O)C(C)(C)C. The molecule has 0 atom stereocenters. The van der Waals surface area contributed by atoms with Crippen molar-refractivity contribution in [3.63, 3.8) is 0 Å². The Morgan fingerprint density at radius 2 is 1.50 bits per heavy atom. The van der Waals surface area contributed by atoms with E-state index in [4.69, 9.17) is 0 Å². The molecule has 0 rings (SSSR count). The molecular formula is C14H31NO2S. The van der Waals surface area contributed by atoms with Crippen molar-refractivity contribution in [3.05, 3.63) is 0 Å². The van der Waals surface area contributed by atoms with Gasteiger partial charge in [0.2, 0.25) is 0 Å². The largest absolute Gasteiger partial charge is 0.316 e. The standard InChI is InChI=1S/C14H31NO2S/c1-7-14(8-2,12-15-9-3)10-11-18(16,17)13(4,5)6/h15H,7-12H2,1-6H3. The zero-order valence-electron chi connectivity index (χ0n) is 13.0. The molecule has 0 aliphatic heterocycles. The molecule has 0 saturated carbocycles. The Hall–Kier alpha value is -0.0900. The van der Waals surface area contributed by atoms with Crippen molar-refractivity contribution in [2.75, 3.05) is 18.8 Å². The first-order chi connectivity index (χ1) is 8.14. The average molecular weight is 277 g/mol. The molecule has 0 amide bonds. The van der Waals surface area contributed by atoms with Crippen molar-refractivity contribution in [1.82, 2.24) is 5.32 Å². The normalized spacial score (nSPS) is 13.9. The second-order valence-electron chi connectivity index (χ2n) is 6.17. The van der Waals surface area contributed by atoms with Crippen LogP contribution in [0.25, 0.3) is 0 Å². The lowest BCUT2D eigenvalue weighted by atomic mass is 9.80. The van der Waals surface area contributed by atoms with Crippen LogP contribution in [0.5, 0.6) is 0 Å². The average Bonchev–Trinajstić information content (AvgIpc) is 2.29. The van der Waals surface area contributed by atoms with E-state index in [-0.39, 0.29) is 5.41 Å². The first-order valence-electron chi connectivity index (χ1n) is 7.07. The summed E-state index contributed by atoms with van der Waals surface area (Å²) in [5, 5.41) is 3.37. The summed E-state index contributed by atoms with van der Waals surface area (Å²) in [5.41, 5.74) is 0.119. The molecule has 0 saturated heterocycles. The topological polar surface area (TPSA) is 46.2 Å². The Bertz CT molecular complexity index is 324. The molecule has 110 valence electrons. The molecule has 0 unspecified atom stereocenters. The van der Waals surface area contributed by atoms with Gasteiger partial charge < -0.3 is 5.32 Å². The summed E-state index contributed by atoms with van der Waals surface area (Å²) in [5.74, 6) is 0.295. The van der Waals surface area contributed by atoms with Gasteiger partial charge in [-0.2, -0.15) is 0 Å². The molecule has 3 nitrogen and oxygen atoms in total. The highest BCUT2D eigenvalue weighted by molar-refractivity contribution is 7.92. The molecule has 0 radical (unpaired) electrons. The van der Waals surface area contributed by atoms with Crippen molar-refractivity contribution < 1.29 is 8.42 Å². The molecule has 0 aliphatic carbocycles. The van der Waals surface area contributed by atoms with Gasteiger partial charge in [0.25, 0.3) is 0 Å². The number of nitrogens with one attached hydrogen (secondary N) is 1. The molecule has 0 spiro atoms. The van der Waals surface area contributed by atoms with Gasteiger partial charge in [0, 0.05) is 6.54 Å². The van der Waals surface area contributed by atoms with Gasteiger partial charge in [-0.1, -0.05) is 20.8 Å². The maximum absolute atomic E-state index is 12.2. The predicted octanol–water partition coefficient (Wildman–Crippen LogP) is 3.01. The van der Waals surface area contributed by atoms with E-state index in [1.807, 2.05) is 0 Å². The van der Waals surface area contributed by atoms with Gasteiger partial charge in [0.05, 0.1) is 10.5 Å². The van der Waals surface area contributed by atoms with E-state index in [0.29, 0.717) is 5.75 Å². The van der Waals surface area contributed by atoms with Crippen LogP contribution in [0.4, 0.5) is 0 Å². The van der Waals surface area contributed by atoms with Crippen LogP contribution in [0.1, 0.15) is 60.8 Å². The van der Waals surface area contributed by atoms with Crippen LogP contribution in [-0.2, 0) is 9.84 Å². The molecule has 4 heteroatoms. The minimum Gasteiger partial charge on any atom is -0.316 e. The minimum absolute atomic E-state index is 0.119. The lowest BCUT2D eigenvalue weighted by molar-refractivity contribution is 0.241. The molecule has 0 heterocycles. The van der Waals surface area contributed by atoms with Crippen molar-refractivity contribution in [2.24, 2.45) is 5.41 Å². The van der Waals surface area contributed by atoms with Gasteiger partial charge >= 0.3 is 0 Å². The zero-order chi connectivity index (χ0) is 14.4. The van der Waals surface area contributed by atoms with E-state index in [1.165, 1.54) is 0 Å². The molecule has 18 heavy (non-hydrogen) atoms. The lowest BCUT2D eigenvalue weighted by Gasteiger charge is -2.33. The lowest BCUT2D eigenvalue weighted by Crippen LogP contribution is -2.38. The molecule has 0 bridgehead atoms. The summed E-state index contributed by atoms with van der Waals surface area (Å²) in [6, 6.07) is 0. The third kappa shape index (κ3) is 4.88. The fourth-order valence-corrected chi connectivity index (χ4v) is 3.30. The van der Waals surface area contributed by atoms with Gasteiger partial charge in [-0.15, -0.1) is 0 Å². The van der Waals surface area contributed by atoms with Crippen molar-refractivity contribution in [1.29, 1.82) is 0 Å². The summed E-state index contributed by atoms with van der Waals surface area (Å²) in [6.45, 7) is 13.6. The quantitative estimate of drug-likeness (QED) is 0.742. The molecule has 0 fully saturated rings. The molecular weight excluding hydrogens is 246 g/mol. The second-order valence-corrected chi connectivity index (χ2v) is 9.03. The fourth-order valence-electron chi connectivity index (χ4n) is 1.99. The van der Waals surface area contributed by atoms with Crippen LogP contribution in [-0.4, -0.2) is 32.0 Å². The predicted molar refractivity (Wildman–Crippen MR) is 79.7 cm³/mol. The Morgan fingerprint density at radius 3 is 1.83 bits per heavy atom. The molecule has 0 aliphatic rings. The number of hydrogen-bond donors (Lipinski definition) is 1. The van der Waals surface area contributed by atoms with Gasteiger partial charge in [-0.05, 0) is 52.0 Å². The minimum atomic E-state index is -3.00. The second kappa shape index (κ2) is 6.90. The first-order valence-corrected chi connectivity index (χ1v) is 8.72. The van der Waals surface area contributed by atoms with Crippen LogP contribution in [0.15, 0.2) is 0 Å². The Kier molecular flexibility index (Phi) is 6.86. The highest BCUT2D eigenvalue weighted by atomic mass is 32.2. The van der Waals surface area contributed by atoms with Crippen LogP contribution < -0.4 is 5.32 Å². The number of sulfone groups is 1. The maximum Gasteiger partial charge on any atom is 0.155 e. The fraction of sp³-hybridized carbons (Fsp3) is 1.00. The van der Waals surface area contributed by atoms with E-state index in [1.54, 1.807) is 20.8 Å². The summed E-state index contributed by atoms with van der Waals surface area (Å²) in [6.07, 6.45) is 2.80. The van der Waals surface area contributed by atoms with E-state index in [9.17, 15) is 8.42 Å². The van der Waals surface area contributed by atoms with E-state index < -0.39 is 14.6 Å². The number of hydrogen-bond acceptors (Lipinski definition) is 3. The monoisotopic (exact) mass is 277 g/mol. The van der Waals surface area contributed by atoms with Gasteiger partial charge in [0.1, 0.15) is 0 Å². The Balaban J connectivity index is 4.73. The highest BCUT2D eigenvalue weighted by Crippen LogP contribution is 2.32. The summed E-state index contributed by atoms with van der Waals surface area (Å²) < 4.78 is 23.7. The first kappa shape index (κ1) is 17.9. The molecule has 1 N–H and O–H groups in total. The molecule has 0 aromatic heterocycles. The summed E-state index contributed by atoms with van der Waals surface area (Å²) in [4.78, 5) is 0. The van der Waals surface area contributed by atoms with Gasteiger partial charge in [-0.3, -0.25) is 0 Å².